The maximum Gasteiger partial charge on any atom is 0.101 e. The van der Waals surface area contributed by atoms with Crippen LogP contribution in [-0.2, 0) is 0 Å². The summed E-state index contributed by atoms with van der Waals surface area (Å²) in [5, 5.41) is 22.3. The van der Waals surface area contributed by atoms with Crippen LogP contribution in [0.15, 0.2) is 139 Å². The van der Waals surface area contributed by atoms with Crippen LogP contribution in [-0.4, -0.2) is 10.6 Å². The molecule has 0 spiro atoms. The average Bonchev–Trinajstić information content (AvgIpc) is 3.57. The summed E-state index contributed by atoms with van der Waals surface area (Å²) in [6.07, 6.45) is 6.16. The van der Waals surface area contributed by atoms with E-state index in [4.69, 9.17) is 0 Å². The van der Waals surface area contributed by atoms with Crippen molar-refractivity contribution in [3.05, 3.63) is 150 Å². The number of rotatable bonds is 3. The first-order valence-electron chi connectivity index (χ1n) is 14.1. The average molecular weight is 537 g/mol. The molecule has 2 heterocycles. The van der Waals surface area contributed by atoms with E-state index in [1.165, 1.54) is 16.3 Å². The van der Waals surface area contributed by atoms with Gasteiger partial charge in [-0.25, -0.2) is 0 Å². The van der Waals surface area contributed by atoms with Gasteiger partial charge in [0, 0.05) is 39.2 Å². The van der Waals surface area contributed by atoms with E-state index < -0.39 is 0 Å². The fourth-order valence-corrected chi connectivity index (χ4v) is 6.80. The van der Waals surface area contributed by atoms with Gasteiger partial charge in [-0.2, -0.15) is 10.5 Å². The fourth-order valence-electron chi connectivity index (χ4n) is 6.80. The molecule has 2 atom stereocenters. The predicted octanol–water partition coefficient (Wildman–Crippen LogP) is 8.95. The summed E-state index contributed by atoms with van der Waals surface area (Å²) in [5.41, 5.74) is 9.82. The molecule has 2 unspecified atom stereocenters. The minimum absolute atomic E-state index is 0.0629. The lowest BCUT2D eigenvalue weighted by molar-refractivity contribution is 0.742. The van der Waals surface area contributed by atoms with Gasteiger partial charge in [0.1, 0.15) is 6.07 Å². The third-order valence-corrected chi connectivity index (χ3v) is 8.60. The minimum Gasteiger partial charge on any atom is -0.333 e. The zero-order chi connectivity index (χ0) is 28.2. The minimum atomic E-state index is 0.0629. The smallest absolute Gasteiger partial charge is 0.101 e. The largest absolute Gasteiger partial charge is 0.333 e. The number of aromatic nitrogens is 1. The number of hydrogen-bond acceptors (Lipinski definition) is 3. The molecule has 0 saturated heterocycles. The van der Waals surface area contributed by atoms with Crippen molar-refractivity contribution < 1.29 is 0 Å². The summed E-state index contributed by atoms with van der Waals surface area (Å²) in [6, 6.07) is 44.7. The van der Waals surface area contributed by atoms with Crippen LogP contribution in [0.3, 0.4) is 0 Å². The first kappa shape index (κ1) is 24.0. The molecular weight excluding hydrogens is 512 g/mol. The highest BCUT2D eigenvalue weighted by Crippen LogP contribution is 2.50. The van der Waals surface area contributed by atoms with E-state index in [1.54, 1.807) is 0 Å². The summed E-state index contributed by atoms with van der Waals surface area (Å²) >= 11 is 0. The Labute approximate surface area is 243 Å². The van der Waals surface area contributed by atoms with Crippen LogP contribution in [0, 0.1) is 22.7 Å². The quantitative estimate of drug-likeness (QED) is 0.227. The van der Waals surface area contributed by atoms with Gasteiger partial charge >= 0.3 is 0 Å². The second kappa shape index (κ2) is 9.37. The molecule has 0 fully saturated rings. The van der Waals surface area contributed by atoms with Crippen LogP contribution in [0.4, 0.5) is 11.4 Å². The van der Waals surface area contributed by atoms with E-state index in [9.17, 15) is 10.5 Å². The van der Waals surface area contributed by atoms with Crippen molar-refractivity contribution in [2.75, 3.05) is 4.90 Å². The molecule has 1 aromatic heterocycles. The Morgan fingerprint density at radius 2 is 1.29 bits per heavy atom. The number of anilines is 2. The lowest BCUT2D eigenvalue weighted by Gasteiger charge is -2.31. The molecule has 0 amide bonds. The Morgan fingerprint density at radius 1 is 0.619 bits per heavy atom. The van der Waals surface area contributed by atoms with Crippen LogP contribution in [0.2, 0.25) is 0 Å². The van der Waals surface area contributed by atoms with E-state index in [0.717, 1.165) is 39.2 Å². The fraction of sp³-hybridized carbons (Fsp3) is 0.0526. The molecule has 4 nitrogen and oxygen atoms in total. The number of hydrogen-bond donors (Lipinski definition) is 0. The van der Waals surface area contributed by atoms with Crippen LogP contribution >= 0.6 is 0 Å². The Hall–Kier alpha value is -5.84. The summed E-state index contributed by atoms with van der Waals surface area (Å²) in [7, 11) is 0. The SMILES string of the molecule is N#CC1=CC2c3ccccc3N(c3ccccc3-c3ccc(-n4c5ccccc5c5ccccc54)c(C#N)c3)C2C=C1. The molecule has 8 rings (SSSR count). The number of nitrogens with zero attached hydrogens (tertiary/aromatic N) is 4. The van der Waals surface area contributed by atoms with Gasteiger partial charge in [0.05, 0.1) is 34.4 Å². The summed E-state index contributed by atoms with van der Waals surface area (Å²) in [6.45, 7) is 0. The van der Waals surface area contributed by atoms with E-state index in [1.807, 2.05) is 24.3 Å². The van der Waals surface area contributed by atoms with Crippen molar-refractivity contribution in [3.8, 4) is 29.0 Å². The first-order valence-corrected chi connectivity index (χ1v) is 14.1. The molecule has 1 aliphatic carbocycles. The lowest BCUT2D eigenvalue weighted by Crippen LogP contribution is -2.29. The molecule has 196 valence electrons. The second-order valence-electron chi connectivity index (χ2n) is 10.8. The Kier molecular flexibility index (Phi) is 5.36. The maximum atomic E-state index is 10.4. The monoisotopic (exact) mass is 536 g/mol. The molecule has 6 aromatic rings. The standard InChI is InChI=1S/C38H24N4/c39-23-25-17-19-38-32(21-25)31-12-4-8-16-37(31)42(38)34-13-5-1-9-28(34)26-18-20-33(27(22-26)24-40)41-35-14-6-2-10-29(35)30-11-3-7-15-36(30)41/h1-22,32,38H. The Balaban J connectivity index is 1.29. The van der Waals surface area contributed by atoms with Gasteiger partial charge in [-0.15, -0.1) is 0 Å². The van der Waals surface area contributed by atoms with Gasteiger partial charge in [-0.05, 0) is 53.6 Å². The van der Waals surface area contributed by atoms with E-state index in [-0.39, 0.29) is 12.0 Å². The first-order chi connectivity index (χ1) is 20.8. The molecule has 4 heteroatoms. The van der Waals surface area contributed by atoms with E-state index in [2.05, 4.69) is 131 Å². The summed E-state index contributed by atoms with van der Waals surface area (Å²) in [5.74, 6) is 0.0984. The van der Waals surface area contributed by atoms with Crippen molar-refractivity contribution in [3.63, 3.8) is 0 Å². The molecule has 2 aliphatic rings. The van der Waals surface area contributed by atoms with E-state index >= 15 is 0 Å². The van der Waals surface area contributed by atoms with Crippen molar-refractivity contribution >= 4 is 33.2 Å². The van der Waals surface area contributed by atoms with Gasteiger partial charge in [-0.3, -0.25) is 0 Å². The van der Waals surface area contributed by atoms with Gasteiger partial charge in [0.25, 0.3) is 0 Å². The normalized spacial score (nSPS) is 17.0. The highest BCUT2D eigenvalue weighted by atomic mass is 15.2. The van der Waals surface area contributed by atoms with Crippen molar-refractivity contribution in [1.29, 1.82) is 10.5 Å². The van der Waals surface area contributed by atoms with Crippen molar-refractivity contribution in [2.24, 2.45) is 0 Å². The zero-order valence-electron chi connectivity index (χ0n) is 22.6. The summed E-state index contributed by atoms with van der Waals surface area (Å²) in [4.78, 5) is 2.38. The van der Waals surface area contributed by atoms with Crippen molar-refractivity contribution in [2.45, 2.75) is 12.0 Å². The highest BCUT2D eigenvalue weighted by molar-refractivity contribution is 6.09. The molecule has 0 saturated carbocycles. The number of allylic oxidation sites excluding steroid dienone is 2. The number of benzene rings is 5. The lowest BCUT2D eigenvalue weighted by atomic mass is 9.88. The third kappa shape index (κ3) is 3.46. The molecule has 0 radical (unpaired) electrons. The number of fused-ring (bicyclic) bond motifs is 6. The Bertz CT molecular complexity index is 2150. The predicted molar refractivity (Wildman–Crippen MR) is 169 cm³/mol. The van der Waals surface area contributed by atoms with Gasteiger partial charge in [0.15, 0.2) is 0 Å². The van der Waals surface area contributed by atoms with Crippen molar-refractivity contribution in [1.82, 2.24) is 4.57 Å². The topological polar surface area (TPSA) is 55.8 Å². The van der Waals surface area contributed by atoms with Gasteiger partial charge in [0.2, 0.25) is 0 Å². The molecule has 5 aromatic carbocycles. The number of para-hydroxylation sites is 4. The maximum absolute atomic E-state index is 10.4. The van der Waals surface area contributed by atoms with Crippen LogP contribution in [0.1, 0.15) is 17.0 Å². The third-order valence-electron chi connectivity index (χ3n) is 8.60. The van der Waals surface area contributed by atoms with Crippen LogP contribution < -0.4 is 4.90 Å². The molecule has 0 N–H and O–H groups in total. The van der Waals surface area contributed by atoms with Crippen LogP contribution in [0.25, 0.3) is 38.6 Å². The number of nitriles is 2. The van der Waals surface area contributed by atoms with E-state index in [0.29, 0.717) is 11.1 Å². The molecule has 1 aliphatic heterocycles. The molecule has 0 bridgehead atoms. The van der Waals surface area contributed by atoms with Gasteiger partial charge in [-0.1, -0.05) is 91.0 Å². The molecular formula is C38H24N4. The second-order valence-corrected chi connectivity index (χ2v) is 10.8. The Morgan fingerprint density at radius 3 is 2.02 bits per heavy atom. The highest BCUT2D eigenvalue weighted by Gasteiger charge is 2.38. The van der Waals surface area contributed by atoms with Gasteiger partial charge < -0.3 is 9.47 Å². The summed E-state index contributed by atoms with van der Waals surface area (Å²) < 4.78 is 2.20. The zero-order valence-corrected chi connectivity index (χ0v) is 22.6. The van der Waals surface area contributed by atoms with Crippen LogP contribution in [0.5, 0.6) is 0 Å². The molecule has 42 heavy (non-hydrogen) atoms.